The number of anilines is 1. The van der Waals surface area contributed by atoms with Gasteiger partial charge in [0.1, 0.15) is 24.1 Å². The molecule has 0 radical (unpaired) electrons. The second-order valence-electron chi connectivity index (χ2n) is 9.22. The Morgan fingerprint density at radius 1 is 0.925 bits per heavy atom. The number of carbonyl (C=O) groups is 2. The van der Waals surface area contributed by atoms with Crippen LogP contribution in [-0.4, -0.2) is 50.5 Å². The highest BCUT2D eigenvalue weighted by molar-refractivity contribution is 7.92. The molecule has 214 valence electrons. The number of hydrogen-bond acceptors (Lipinski definition) is 5. The molecule has 0 aromatic heterocycles. The molecular weight excluding hydrogens is 573 g/mol. The first-order valence-corrected chi connectivity index (χ1v) is 15.4. The van der Waals surface area contributed by atoms with Crippen LogP contribution in [0.25, 0.3) is 0 Å². The fourth-order valence-electron chi connectivity index (χ4n) is 3.89. The minimum atomic E-state index is -3.88. The van der Waals surface area contributed by atoms with E-state index in [-0.39, 0.29) is 18.1 Å². The molecule has 0 spiro atoms. The number of hydrogen-bond donors (Lipinski definition) is 1. The molecule has 3 rings (SSSR count). The van der Waals surface area contributed by atoms with Gasteiger partial charge in [-0.1, -0.05) is 60.8 Å². The number of benzene rings is 3. The molecule has 0 aliphatic rings. The smallest absolute Gasteiger partial charge is 0.244 e. The third-order valence-electron chi connectivity index (χ3n) is 6.17. The van der Waals surface area contributed by atoms with Gasteiger partial charge in [0.05, 0.1) is 11.9 Å². The first-order valence-electron chi connectivity index (χ1n) is 12.8. The summed E-state index contributed by atoms with van der Waals surface area (Å²) in [7, 11) is -3.88. The number of nitrogens with zero attached hydrogens (tertiary/aromatic N) is 2. The molecule has 40 heavy (non-hydrogen) atoms. The highest BCUT2D eigenvalue weighted by Gasteiger charge is 2.31. The molecule has 2 amide bonds. The van der Waals surface area contributed by atoms with Crippen LogP contribution in [0.2, 0.25) is 10.0 Å². The van der Waals surface area contributed by atoms with Crippen molar-refractivity contribution >= 4 is 50.7 Å². The first-order chi connectivity index (χ1) is 19.0. The molecule has 1 N–H and O–H groups in total. The summed E-state index contributed by atoms with van der Waals surface area (Å²) >= 11 is 12.7. The molecule has 0 saturated heterocycles. The Balaban J connectivity index is 1.88. The summed E-state index contributed by atoms with van der Waals surface area (Å²) in [6, 6.07) is 19.5. The van der Waals surface area contributed by atoms with E-state index in [0.717, 1.165) is 23.4 Å². The van der Waals surface area contributed by atoms with E-state index in [1.165, 1.54) is 4.90 Å². The molecular formula is C29H33Cl2N3O5S. The highest BCUT2D eigenvalue weighted by atomic mass is 35.5. The number of para-hydroxylation sites is 1. The number of sulfonamides is 1. The molecule has 0 aliphatic heterocycles. The van der Waals surface area contributed by atoms with E-state index in [9.17, 15) is 18.0 Å². The molecule has 0 fully saturated rings. The zero-order valence-corrected chi connectivity index (χ0v) is 25.0. The van der Waals surface area contributed by atoms with Crippen molar-refractivity contribution in [2.45, 2.75) is 39.3 Å². The van der Waals surface area contributed by atoms with Gasteiger partial charge in [-0.2, -0.15) is 0 Å². The van der Waals surface area contributed by atoms with Crippen molar-refractivity contribution in [2.24, 2.45) is 0 Å². The number of amides is 2. The minimum absolute atomic E-state index is 0.0822. The van der Waals surface area contributed by atoms with Gasteiger partial charge in [-0.3, -0.25) is 13.9 Å². The summed E-state index contributed by atoms with van der Waals surface area (Å²) in [6.45, 7) is 3.43. The van der Waals surface area contributed by atoms with Gasteiger partial charge in [0.15, 0.2) is 0 Å². The Morgan fingerprint density at radius 3 is 2.10 bits per heavy atom. The zero-order valence-electron chi connectivity index (χ0n) is 22.6. The van der Waals surface area contributed by atoms with Gasteiger partial charge in [0, 0.05) is 28.7 Å². The molecule has 0 aliphatic carbocycles. The van der Waals surface area contributed by atoms with Crippen molar-refractivity contribution in [3.05, 3.63) is 88.4 Å². The number of ether oxygens (including phenoxy) is 1. The Bertz CT molecular complexity index is 1380. The highest BCUT2D eigenvalue weighted by Crippen LogP contribution is 2.28. The third kappa shape index (κ3) is 8.61. The van der Waals surface area contributed by atoms with Crippen molar-refractivity contribution in [3.63, 3.8) is 0 Å². The fourth-order valence-corrected chi connectivity index (χ4v) is 5.26. The number of rotatable bonds is 13. The lowest BCUT2D eigenvalue weighted by Gasteiger charge is -2.32. The second kappa shape index (κ2) is 14.4. The molecule has 0 saturated carbocycles. The van der Waals surface area contributed by atoms with Gasteiger partial charge in [-0.15, -0.1) is 0 Å². The predicted octanol–water partition coefficient (Wildman–Crippen LogP) is 5.89. The minimum Gasteiger partial charge on any atom is -0.457 e. The maximum atomic E-state index is 13.7. The van der Waals surface area contributed by atoms with E-state index in [1.807, 2.05) is 25.1 Å². The van der Waals surface area contributed by atoms with Gasteiger partial charge in [0.2, 0.25) is 21.8 Å². The van der Waals surface area contributed by atoms with Gasteiger partial charge < -0.3 is 15.0 Å². The lowest BCUT2D eigenvalue weighted by molar-refractivity contribution is -0.139. The lowest BCUT2D eigenvalue weighted by Crippen LogP contribution is -2.51. The average molecular weight is 607 g/mol. The van der Waals surface area contributed by atoms with Crippen LogP contribution in [-0.2, 0) is 26.2 Å². The third-order valence-corrected chi connectivity index (χ3v) is 8.02. The predicted molar refractivity (Wildman–Crippen MR) is 160 cm³/mol. The molecule has 3 aromatic carbocycles. The molecule has 8 nitrogen and oxygen atoms in total. The van der Waals surface area contributed by atoms with Gasteiger partial charge in [-0.25, -0.2) is 8.42 Å². The SMILES string of the molecule is CCCCNC(=O)[C@H](C)N(Cc1c(Cl)cccc1Cl)C(=O)CN(c1ccc(Oc2ccccc2)cc1)S(C)(=O)=O. The number of unbranched alkanes of at least 4 members (excludes halogenated alkanes) is 1. The van der Waals surface area contributed by atoms with Crippen LogP contribution >= 0.6 is 23.2 Å². The number of carbonyl (C=O) groups excluding carboxylic acids is 2. The number of halogens is 2. The molecule has 11 heteroatoms. The van der Waals surface area contributed by atoms with Gasteiger partial charge in [0.25, 0.3) is 0 Å². The maximum Gasteiger partial charge on any atom is 0.244 e. The summed E-state index contributed by atoms with van der Waals surface area (Å²) in [5, 5.41) is 3.49. The van der Waals surface area contributed by atoms with Crippen molar-refractivity contribution in [3.8, 4) is 11.5 Å². The normalized spacial score (nSPS) is 11.9. The summed E-state index contributed by atoms with van der Waals surface area (Å²) in [4.78, 5) is 28.0. The van der Waals surface area contributed by atoms with E-state index < -0.39 is 28.5 Å². The largest absolute Gasteiger partial charge is 0.457 e. The van der Waals surface area contributed by atoms with Gasteiger partial charge >= 0.3 is 0 Å². The van der Waals surface area contributed by atoms with Crippen LogP contribution in [0.3, 0.4) is 0 Å². The van der Waals surface area contributed by atoms with E-state index in [2.05, 4.69) is 5.32 Å². The van der Waals surface area contributed by atoms with Crippen LogP contribution in [0, 0.1) is 0 Å². The van der Waals surface area contributed by atoms with Crippen molar-refractivity contribution < 1.29 is 22.7 Å². The van der Waals surface area contributed by atoms with Gasteiger partial charge in [-0.05, 0) is 61.9 Å². The van der Waals surface area contributed by atoms with Crippen LogP contribution in [0.5, 0.6) is 11.5 Å². The van der Waals surface area contributed by atoms with Crippen LogP contribution in [0.15, 0.2) is 72.8 Å². The summed E-state index contributed by atoms with van der Waals surface area (Å²) in [6.07, 6.45) is 2.70. The number of nitrogens with one attached hydrogen (secondary N) is 1. The van der Waals surface area contributed by atoms with Crippen molar-refractivity contribution in [1.29, 1.82) is 0 Å². The Kier molecular flexibility index (Phi) is 11.2. The fraction of sp³-hybridized carbons (Fsp3) is 0.310. The van der Waals surface area contributed by atoms with E-state index in [0.29, 0.717) is 33.7 Å². The van der Waals surface area contributed by atoms with Crippen molar-refractivity contribution in [2.75, 3.05) is 23.7 Å². The molecule has 3 aromatic rings. The summed E-state index contributed by atoms with van der Waals surface area (Å²) in [5.41, 5.74) is 0.729. The second-order valence-corrected chi connectivity index (χ2v) is 11.9. The van der Waals surface area contributed by atoms with Crippen LogP contribution < -0.4 is 14.4 Å². The average Bonchev–Trinajstić information content (AvgIpc) is 2.92. The monoisotopic (exact) mass is 605 g/mol. The molecule has 0 unspecified atom stereocenters. The van der Waals surface area contributed by atoms with Crippen molar-refractivity contribution in [1.82, 2.24) is 10.2 Å². The summed E-state index contributed by atoms with van der Waals surface area (Å²) < 4.78 is 32.4. The van der Waals surface area contributed by atoms with Crippen LogP contribution in [0.4, 0.5) is 5.69 Å². The lowest BCUT2D eigenvalue weighted by atomic mass is 10.1. The Morgan fingerprint density at radius 2 is 1.52 bits per heavy atom. The van der Waals surface area contributed by atoms with E-state index in [4.69, 9.17) is 27.9 Å². The van der Waals surface area contributed by atoms with Crippen LogP contribution in [0.1, 0.15) is 32.3 Å². The molecule has 1 atom stereocenters. The maximum absolute atomic E-state index is 13.7. The Labute approximate surface area is 245 Å². The Hall–Kier alpha value is -3.27. The quantitative estimate of drug-likeness (QED) is 0.245. The topological polar surface area (TPSA) is 96.0 Å². The molecule has 0 heterocycles. The molecule has 0 bridgehead atoms. The zero-order chi connectivity index (χ0) is 29.3. The first kappa shape index (κ1) is 31.3. The van der Waals surface area contributed by atoms with E-state index >= 15 is 0 Å². The summed E-state index contributed by atoms with van der Waals surface area (Å²) in [5.74, 6) is 0.176. The van der Waals surface area contributed by atoms with E-state index in [1.54, 1.807) is 61.5 Å². The standard InChI is InChI=1S/C29H33Cl2N3O5S/c1-4-5-18-32-29(36)21(2)33(19-25-26(30)12-9-13-27(25)31)28(35)20-34(40(3,37)38)22-14-16-24(17-15-22)39-23-10-7-6-8-11-23/h6-17,21H,4-5,18-20H2,1-3H3,(H,32,36)/t21-/m0/s1.